The Kier molecular flexibility index (Phi) is 6.41. The van der Waals surface area contributed by atoms with E-state index < -0.39 is 46.6 Å². The molecule has 6 rings (SSSR count). The van der Waals surface area contributed by atoms with Gasteiger partial charge in [-0.15, -0.1) is 0 Å². The molecule has 38 heavy (non-hydrogen) atoms. The molecule has 9 nitrogen and oxygen atoms in total. The number of rotatable bonds is 4. The molecule has 212 valence electrons. The second-order valence-electron chi connectivity index (χ2n) is 13.3. The van der Waals surface area contributed by atoms with Crippen molar-refractivity contribution in [2.45, 2.75) is 120 Å². The molecule has 0 aromatic heterocycles. The Morgan fingerprint density at radius 3 is 2.50 bits per heavy atom. The highest BCUT2D eigenvalue weighted by Gasteiger charge is 2.71. The van der Waals surface area contributed by atoms with Gasteiger partial charge >= 0.3 is 5.97 Å². The first kappa shape index (κ1) is 26.8. The van der Waals surface area contributed by atoms with E-state index in [1.807, 2.05) is 0 Å². The number of fused-ring (bicyclic) bond motifs is 5. The van der Waals surface area contributed by atoms with Crippen LogP contribution in [0.1, 0.15) is 78.1 Å². The van der Waals surface area contributed by atoms with Crippen LogP contribution in [0.5, 0.6) is 0 Å². The molecule has 5 fully saturated rings. The summed E-state index contributed by atoms with van der Waals surface area (Å²) in [5.74, 6) is -0.473. The lowest BCUT2D eigenvalue weighted by molar-refractivity contribution is -0.286. The first-order valence-corrected chi connectivity index (χ1v) is 14.4. The van der Waals surface area contributed by atoms with Gasteiger partial charge in [0.25, 0.3) is 0 Å². The molecule has 4 saturated carbocycles. The summed E-state index contributed by atoms with van der Waals surface area (Å²) >= 11 is 0. The van der Waals surface area contributed by atoms with Gasteiger partial charge in [-0.2, -0.15) is 0 Å². The van der Waals surface area contributed by atoms with Crippen LogP contribution in [0.25, 0.3) is 0 Å². The Balaban J connectivity index is 1.22. The quantitative estimate of drug-likeness (QED) is 0.241. The fraction of sp³-hybridized carbons (Fsp3) is 0.862. The lowest BCUT2D eigenvalue weighted by Crippen LogP contribution is -2.69. The Labute approximate surface area is 223 Å². The smallest absolute Gasteiger partial charge is 0.331 e. The average Bonchev–Trinajstić information content (AvgIpc) is 3.41. The molecule has 0 amide bonds. The summed E-state index contributed by atoms with van der Waals surface area (Å²) < 4.78 is 17.1. The normalized spacial score (nSPS) is 54.4. The van der Waals surface area contributed by atoms with Crippen LogP contribution in [0, 0.1) is 28.6 Å². The van der Waals surface area contributed by atoms with Crippen LogP contribution in [0.15, 0.2) is 11.6 Å². The Morgan fingerprint density at radius 1 is 1.05 bits per heavy atom. The summed E-state index contributed by atoms with van der Waals surface area (Å²) in [4.78, 5) is 24.7. The van der Waals surface area contributed by atoms with Crippen LogP contribution in [0.2, 0.25) is 0 Å². The number of aliphatic hydroxyl groups excluding tert-OH is 2. The van der Waals surface area contributed by atoms with Gasteiger partial charge in [0.15, 0.2) is 6.29 Å². The fourth-order valence-electron chi connectivity index (χ4n) is 9.76. The minimum atomic E-state index is -1.24. The van der Waals surface area contributed by atoms with Gasteiger partial charge in [-0.05, 0) is 81.6 Å². The van der Waals surface area contributed by atoms with Gasteiger partial charge in [0, 0.05) is 24.3 Å². The highest BCUT2D eigenvalue weighted by molar-refractivity contribution is 5.85. The second kappa shape index (κ2) is 9.08. The van der Waals surface area contributed by atoms with Crippen LogP contribution in [-0.2, 0) is 23.8 Å². The largest absolute Gasteiger partial charge is 0.458 e. The van der Waals surface area contributed by atoms with E-state index >= 15 is 0 Å². The van der Waals surface area contributed by atoms with Crippen molar-refractivity contribution >= 4 is 12.3 Å². The van der Waals surface area contributed by atoms with E-state index in [4.69, 9.17) is 14.2 Å². The van der Waals surface area contributed by atoms with Gasteiger partial charge in [-0.1, -0.05) is 6.92 Å². The highest BCUT2D eigenvalue weighted by Crippen LogP contribution is 2.70. The molecule has 0 radical (unpaired) electrons. The average molecular weight is 535 g/mol. The van der Waals surface area contributed by atoms with E-state index in [9.17, 15) is 30.0 Å². The molecule has 4 aliphatic carbocycles. The van der Waals surface area contributed by atoms with Crippen LogP contribution in [0.3, 0.4) is 0 Å². The molecule has 0 spiro atoms. The van der Waals surface area contributed by atoms with Crippen LogP contribution in [0.4, 0.5) is 0 Å². The van der Waals surface area contributed by atoms with Gasteiger partial charge < -0.3 is 39.4 Å². The van der Waals surface area contributed by atoms with Crippen LogP contribution < -0.4 is 0 Å². The molecule has 12 atom stereocenters. The number of esters is 1. The van der Waals surface area contributed by atoms with E-state index in [0.717, 1.165) is 31.1 Å². The van der Waals surface area contributed by atoms with Crippen LogP contribution in [-0.4, -0.2) is 81.2 Å². The van der Waals surface area contributed by atoms with E-state index in [-0.39, 0.29) is 36.2 Å². The second-order valence-corrected chi connectivity index (χ2v) is 13.3. The maximum atomic E-state index is 12.9. The van der Waals surface area contributed by atoms with E-state index in [1.165, 1.54) is 0 Å². The first-order valence-electron chi connectivity index (χ1n) is 14.4. The molecule has 2 aliphatic heterocycles. The number of carbonyl (C=O) groups excluding carboxylic acids is 2. The van der Waals surface area contributed by atoms with Crippen molar-refractivity contribution in [1.82, 2.24) is 0 Å². The third-order valence-corrected chi connectivity index (χ3v) is 11.9. The number of carbonyl (C=O) groups is 2. The molecule has 0 bridgehead atoms. The third kappa shape index (κ3) is 3.65. The molecule has 6 aliphatic rings. The van der Waals surface area contributed by atoms with Crippen molar-refractivity contribution in [3.63, 3.8) is 0 Å². The molecule has 4 N–H and O–H groups in total. The number of ether oxygens (including phenoxy) is 3. The molecule has 1 saturated heterocycles. The van der Waals surface area contributed by atoms with Crippen molar-refractivity contribution < 1.29 is 44.2 Å². The lowest BCUT2D eigenvalue weighted by atomic mass is 9.41. The van der Waals surface area contributed by atoms with E-state index in [1.54, 1.807) is 13.0 Å². The molecule has 0 aromatic rings. The zero-order valence-corrected chi connectivity index (χ0v) is 22.4. The predicted molar refractivity (Wildman–Crippen MR) is 133 cm³/mol. The molecule has 6 unspecified atom stereocenters. The summed E-state index contributed by atoms with van der Waals surface area (Å²) in [5.41, 5.74) is -2.60. The summed E-state index contributed by atoms with van der Waals surface area (Å²) in [7, 11) is 0. The van der Waals surface area contributed by atoms with Gasteiger partial charge in [0.2, 0.25) is 0 Å². The Hall–Kier alpha value is -1.36. The number of aldehydes is 1. The van der Waals surface area contributed by atoms with Crippen LogP contribution >= 0.6 is 0 Å². The van der Waals surface area contributed by atoms with Gasteiger partial charge in [0.1, 0.15) is 19.0 Å². The molecule has 0 aromatic carbocycles. The van der Waals surface area contributed by atoms with Gasteiger partial charge in [-0.25, -0.2) is 4.79 Å². The third-order valence-electron chi connectivity index (χ3n) is 11.9. The number of aliphatic hydroxyl groups is 4. The van der Waals surface area contributed by atoms with Crippen molar-refractivity contribution in [3.8, 4) is 0 Å². The molecule has 9 heteroatoms. The molecular formula is C29H42O9. The SMILES string of the molecule is C[C@H]1O[C@@H](OC2CCC3(C=O)[C@H]4CCC5(C)C(C6=CC(=O)OC6)CCC5(O)[C@@H]4CCC3(O)C2)C[C@H](O)[C@@H]1O. The predicted octanol–water partition coefficient (Wildman–Crippen LogP) is 1.78. The van der Waals surface area contributed by atoms with Crippen molar-refractivity contribution in [2.75, 3.05) is 6.61 Å². The minimum Gasteiger partial charge on any atom is -0.458 e. The zero-order valence-electron chi connectivity index (χ0n) is 22.4. The molecule has 2 heterocycles. The highest BCUT2D eigenvalue weighted by atomic mass is 16.7. The first-order chi connectivity index (χ1) is 18.0. The van der Waals surface area contributed by atoms with Crippen molar-refractivity contribution in [3.05, 3.63) is 11.6 Å². The summed E-state index contributed by atoms with van der Waals surface area (Å²) in [6, 6.07) is 0. The maximum absolute atomic E-state index is 12.9. The summed E-state index contributed by atoms with van der Waals surface area (Å²) in [5, 5.41) is 44.6. The van der Waals surface area contributed by atoms with E-state index in [2.05, 4.69) is 6.92 Å². The van der Waals surface area contributed by atoms with E-state index in [0.29, 0.717) is 45.1 Å². The number of hydrogen-bond acceptors (Lipinski definition) is 9. The fourth-order valence-corrected chi connectivity index (χ4v) is 9.76. The van der Waals surface area contributed by atoms with Crippen molar-refractivity contribution in [1.29, 1.82) is 0 Å². The monoisotopic (exact) mass is 534 g/mol. The van der Waals surface area contributed by atoms with Gasteiger partial charge in [-0.3, -0.25) is 0 Å². The maximum Gasteiger partial charge on any atom is 0.331 e. The molecular weight excluding hydrogens is 492 g/mol. The topological polar surface area (TPSA) is 143 Å². The Bertz CT molecular complexity index is 1000. The van der Waals surface area contributed by atoms with Crippen molar-refractivity contribution in [2.24, 2.45) is 28.6 Å². The lowest BCUT2D eigenvalue weighted by Gasteiger charge is -2.65. The number of cyclic esters (lactones) is 1. The summed E-state index contributed by atoms with van der Waals surface area (Å²) in [6.45, 7) is 4.13. The summed E-state index contributed by atoms with van der Waals surface area (Å²) in [6.07, 6.45) is 4.50. The Morgan fingerprint density at radius 2 is 1.82 bits per heavy atom. The minimum absolute atomic E-state index is 0.0729. The standard InChI is InChI=1S/C29H42O9/c1-16-25(33)22(31)12-24(37-16)38-18-3-8-27(15-30)20-4-7-26(2)19(17-11-23(32)36-14-17)6-10-29(26,35)21(20)5-9-28(27,34)13-18/h11,15-16,18-22,24-25,31,33-35H,3-10,12-14H2,1-2H3/t16-,18?,19?,20+,21-,22+,24+,25-,26?,27?,28?,29?/m1/s1. The van der Waals surface area contributed by atoms with Gasteiger partial charge in [0.05, 0.1) is 34.9 Å². The zero-order chi connectivity index (χ0) is 27.1. The number of hydrogen-bond donors (Lipinski definition) is 4.